The molecule has 0 saturated heterocycles. The summed E-state index contributed by atoms with van der Waals surface area (Å²) < 4.78 is 0. The first kappa shape index (κ1) is 15.7. The number of allylic oxidation sites excluding steroid dienone is 8. The molecule has 0 aliphatic rings. The number of hydrogen-bond acceptors (Lipinski definition) is 0. The van der Waals surface area contributed by atoms with Gasteiger partial charge in [-0.3, -0.25) is 0 Å². The topological polar surface area (TPSA) is 0 Å². The van der Waals surface area contributed by atoms with Crippen LogP contribution >= 0.6 is 0 Å². The summed E-state index contributed by atoms with van der Waals surface area (Å²) in [4.78, 5) is 0. The van der Waals surface area contributed by atoms with Gasteiger partial charge in [0, 0.05) is 0 Å². The molecule has 0 fully saturated rings. The Balaban J connectivity index is 5.41. The van der Waals surface area contributed by atoms with Crippen LogP contribution in [0.25, 0.3) is 0 Å². The molecule has 94 valence electrons. The second-order valence-corrected chi connectivity index (χ2v) is 4.15. The Morgan fingerprint density at radius 2 is 1.88 bits per heavy atom. The van der Waals surface area contributed by atoms with Crippen LogP contribution in [0.2, 0.25) is 0 Å². The SMILES string of the molecule is C=CC(C)C(/C=C\C)=C(\CC)C(=C)/C=C\CC. The molecule has 0 heteroatoms. The highest BCUT2D eigenvalue weighted by Gasteiger charge is 2.09. The summed E-state index contributed by atoms with van der Waals surface area (Å²) in [6, 6.07) is 0. The van der Waals surface area contributed by atoms with Crippen molar-refractivity contribution in [3.63, 3.8) is 0 Å². The Labute approximate surface area is 107 Å². The molecule has 1 atom stereocenters. The molecule has 0 bridgehead atoms. The zero-order valence-corrected chi connectivity index (χ0v) is 11.8. The van der Waals surface area contributed by atoms with Gasteiger partial charge in [-0.15, -0.1) is 6.58 Å². The molecule has 0 radical (unpaired) electrons. The predicted octanol–water partition coefficient (Wildman–Crippen LogP) is 5.61. The smallest absolute Gasteiger partial charge is 0.00103 e. The van der Waals surface area contributed by atoms with Crippen molar-refractivity contribution in [3.8, 4) is 0 Å². The van der Waals surface area contributed by atoms with Crippen LogP contribution in [-0.2, 0) is 0 Å². The molecule has 0 aromatic carbocycles. The van der Waals surface area contributed by atoms with Crippen LogP contribution in [0.4, 0.5) is 0 Å². The molecule has 0 heterocycles. The van der Waals surface area contributed by atoms with Crippen molar-refractivity contribution >= 4 is 0 Å². The van der Waals surface area contributed by atoms with Crippen molar-refractivity contribution < 1.29 is 0 Å². The van der Waals surface area contributed by atoms with Gasteiger partial charge in [0.1, 0.15) is 0 Å². The summed E-state index contributed by atoms with van der Waals surface area (Å²) in [7, 11) is 0. The monoisotopic (exact) mass is 230 g/mol. The van der Waals surface area contributed by atoms with Gasteiger partial charge in [0.05, 0.1) is 0 Å². The summed E-state index contributed by atoms with van der Waals surface area (Å²) in [5.41, 5.74) is 3.78. The van der Waals surface area contributed by atoms with Crippen LogP contribution in [0.3, 0.4) is 0 Å². The second-order valence-electron chi connectivity index (χ2n) is 4.15. The normalized spacial score (nSPS) is 15.1. The molecule has 1 unspecified atom stereocenters. The summed E-state index contributed by atoms with van der Waals surface area (Å²) in [5.74, 6) is 0.368. The summed E-state index contributed by atoms with van der Waals surface area (Å²) >= 11 is 0. The fraction of sp³-hybridized carbons (Fsp3) is 0.412. The molecule has 0 aliphatic carbocycles. The highest BCUT2D eigenvalue weighted by Crippen LogP contribution is 2.25. The Bertz CT molecular complexity index is 337. The molecule has 0 amide bonds. The third-order valence-electron chi connectivity index (χ3n) is 2.83. The molecule has 0 nitrogen and oxygen atoms in total. The van der Waals surface area contributed by atoms with Crippen molar-refractivity contribution in [2.45, 2.75) is 40.5 Å². The summed E-state index contributed by atoms with van der Waals surface area (Å²) in [6.07, 6.45) is 12.6. The van der Waals surface area contributed by atoms with Crippen molar-refractivity contribution in [1.82, 2.24) is 0 Å². The van der Waals surface area contributed by atoms with Crippen LogP contribution in [0, 0.1) is 5.92 Å². The zero-order chi connectivity index (χ0) is 13.3. The average molecular weight is 230 g/mol. The lowest BCUT2D eigenvalue weighted by molar-refractivity contribution is 0.865. The minimum atomic E-state index is 0.368. The van der Waals surface area contributed by atoms with E-state index in [2.05, 4.69) is 58.2 Å². The summed E-state index contributed by atoms with van der Waals surface area (Å²) in [6.45, 7) is 16.6. The fourth-order valence-electron chi connectivity index (χ4n) is 1.81. The second kappa shape index (κ2) is 8.81. The van der Waals surface area contributed by atoms with E-state index in [9.17, 15) is 0 Å². The lowest BCUT2D eigenvalue weighted by Gasteiger charge is -2.15. The molecule has 0 aromatic heterocycles. The van der Waals surface area contributed by atoms with Crippen LogP contribution in [0.5, 0.6) is 0 Å². The fourth-order valence-corrected chi connectivity index (χ4v) is 1.81. The number of hydrogen-bond donors (Lipinski definition) is 0. The maximum atomic E-state index is 4.17. The number of rotatable bonds is 7. The van der Waals surface area contributed by atoms with E-state index in [1.165, 1.54) is 11.1 Å². The van der Waals surface area contributed by atoms with E-state index < -0.39 is 0 Å². The lowest BCUT2D eigenvalue weighted by Crippen LogP contribution is -1.99. The van der Waals surface area contributed by atoms with Crippen LogP contribution < -0.4 is 0 Å². The van der Waals surface area contributed by atoms with E-state index in [0.29, 0.717) is 5.92 Å². The first-order valence-electron chi connectivity index (χ1n) is 6.46. The van der Waals surface area contributed by atoms with E-state index in [4.69, 9.17) is 0 Å². The average Bonchev–Trinajstić information content (AvgIpc) is 2.35. The lowest BCUT2D eigenvalue weighted by atomic mass is 9.90. The van der Waals surface area contributed by atoms with Crippen molar-refractivity contribution in [1.29, 1.82) is 0 Å². The molecule has 0 spiro atoms. The molecule has 0 rings (SSSR count). The molecular formula is C17H26. The highest BCUT2D eigenvalue weighted by atomic mass is 14.1. The maximum Gasteiger partial charge on any atom is -0.00103 e. The zero-order valence-electron chi connectivity index (χ0n) is 11.8. The van der Waals surface area contributed by atoms with Crippen LogP contribution in [-0.4, -0.2) is 0 Å². The van der Waals surface area contributed by atoms with Crippen LogP contribution in [0.1, 0.15) is 40.5 Å². The van der Waals surface area contributed by atoms with Gasteiger partial charge in [0.15, 0.2) is 0 Å². The van der Waals surface area contributed by atoms with E-state index in [1.807, 2.05) is 13.0 Å². The van der Waals surface area contributed by atoms with Gasteiger partial charge in [-0.05, 0) is 42.4 Å². The molecule has 0 aliphatic heterocycles. The minimum Gasteiger partial charge on any atom is -0.102 e. The first-order valence-corrected chi connectivity index (χ1v) is 6.46. The van der Waals surface area contributed by atoms with Gasteiger partial charge >= 0.3 is 0 Å². The Hall–Kier alpha value is -1.30. The summed E-state index contributed by atoms with van der Waals surface area (Å²) in [5, 5.41) is 0. The maximum absolute atomic E-state index is 4.17. The molecule has 0 N–H and O–H groups in total. The molecule has 0 saturated carbocycles. The van der Waals surface area contributed by atoms with Crippen molar-refractivity contribution in [2.24, 2.45) is 5.92 Å². The van der Waals surface area contributed by atoms with E-state index in [-0.39, 0.29) is 0 Å². The van der Waals surface area contributed by atoms with Gasteiger partial charge in [0.2, 0.25) is 0 Å². The Kier molecular flexibility index (Phi) is 8.13. The van der Waals surface area contributed by atoms with Gasteiger partial charge in [-0.25, -0.2) is 0 Å². The quantitative estimate of drug-likeness (QED) is 0.393. The predicted molar refractivity (Wildman–Crippen MR) is 80.1 cm³/mol. The Morgan fingerprint density at radius 3 is 2.29 bits per heavy atom. The van der Waals surface area contributed by atoms with E-state index in [0.717, 1.165) is 18.4 Å². The standard InChI is InChI=1S/C17H26/c1-7-11-13-15(6)16(10-4)17(12-8-2)14(5)9-3/h8-9,11-14H,3,6-7,10H2,1-2,4-5H3/b12-8-,13-11-,17-16+. The highest BCUT2D eigenvalue weighted by molar-refractivity contribution is 5.45. The van der Waals surface area contributed by atoms with Crippen molar-refractivity contribution in [3.05, 3.63) is 60.3 Å². The molecule has 0 aromatic rings. The van der Waals surface area contributed by atoms with Gasteiger partial charge in [-0.2, -0.15) is 0 Å². The first-order chi connectivity index (χ1) is 8.12. The van der Waals surface area contributed by atoms with Gasteiger partial charge in [-0.1, -0.05) is 57.7 Å². The van der Waals surface area contributed by atoms with Gasteiger partial charge < -0.3 is 0 Å². The third-order valence-corrected chi connectivity index (χ3v) is 2.83. The molecule has 17 heavy (non-hydrogen) atoms. The third kappa shape index (κ3) is 5.04. The minimum absolute atomic E-state index is 0.368. The Morgan fingerprint density at radius 1 is 1.24 bits per heavy atom. The van der Waals surface area contributed by atoms with Gasteiger partial charge in [0.25, 0.3) is 0 Å². The largest absolute Gasteiger partial charge is 0.102 e. The van der Waals surface area contributed by atoms with E-state index in [1.54, 1.807) is 0 Å². The molecular weight excluding hydrogens is 204 g/mol. The van der Waals surface area contributed by atoms with E-state index >= 15 is 0 Å². The van der Waals surface area contributed by atoms with Crippen molar-refractivity contribution in [2.75, 3.05) is 0 Å². The van der Waals surface area contributed by atoms with Crippen LogP contribution in [0.15, 0.2) is 60.3 Å².